The lowest BCUT2D eigenvalue weighted by Gasteiger charge is -2.36. The Morgan fingerprint density at radius 2 is 2.05 bits per heavy atom. The van der Waals surface area contributed by atoms with E-state index in [0.29, 0.717) is 18.8 Å². The summed E-state index contributed by atoms with van der Waals surface area (Å²) in [6.07, 6.45) is 5.73. The number of rotatable bonds is 4. The van der Waals surface area contributed by atoms with Gasteiger partial charge in [0.15, 0.2) is 0 Å². The minimum absolute atomic E-state index is 0.0307. The highest BCUT2D eigenvalue weighted by Crippen LogP contribution is 2.34. The number of aromatic nitrogens is 1. The van der Waals surface area contributed by atoms with Gasteiger partial charge in [-0.2, -0.15) is 0 Å². The molecule has 1 heterocycles. The number of carbonyl (C=O) groups excluding carboxylic acids is 1. The van der Waals surface area contributed by atoms with Crippen molar-refractivity contribution in [1.29, 1.82) is 0 Å². The molecule has 5 heteroatoms. The number of carbonyl (C=O) groups is 1. The number of hydrogen-bond acceptors (Lipinski definition) is 3. The van der Waals surface area contributed by atoms with Gasteiger partial charge in [0.2, 0.25) is 5.56 Å². The smallest absolute Gasteiger partial charge is 0.267 e. The number of hydrogen-bond donors (Lipinski definition) is 3. The first kappa shape index (κ1) is 13.8. The summed E-state index contributed by atoms with van der Waals surface area (Å²) in [5.41, 5.74) is 5.95. The van der Waals surface area contributed by atoms with Gasteiger partial charge in [0.25, 0.3) is 5.91 Å². The first-order chi connectivity index (χ1) is 9.15. The van der Waals surface area contributed by atoms with Crippen LogP contribution in [0.15, 0.2) is 23.0 Å². The van der Waals surface area contributed by atoms with E-state index in [-0.39, 0.29) is 16.9 Å². The van der Waals surface area contributed by atoms with Gasteiger partial charge in [0, 0.05) is 12.6 Å². The third-order valence-electron chi connectivity index (χ3n) is 3.98. The van der Waals surface area contributed by atoms with Gasteiger partial charge in [-0.25, -0.2) is 0 Å². The number of pyridine rings is 1. The first-order valence-electron chi connectivity index (χ1n) is 6.83. The van der Waals surface area contributed by atoms with Crippen LogP contribution in [0.3, 0.4) is 0 Å². The quantitative estimate of drug-likeness (QED) is 0.757. The zero-order valence-electron chi connectivity index (χ0n) is 11.1. The maximum atomic E-state index is 12.0. The predicted octanol–water partition coefficient (Wildman–Crippen LogP) is 1.01. The highest BCUT2D eigenvalue weighted by atomic mass is 16.2. The lowest BCUT2D eigenvalue weighted by Crippen LogP contribution is -2.44. The van der Waals surface area contributed by atoms with Crippen LogP contribution in [0.4, 0.5) is 0 Å². The van der Waals surface area contributed by atoms with Crippen LogP contribution in [0.1, 0.15) is 42.6 Å². The maximum absolute atomic E-state index is 12.0. The first-order valence-corrected chi connectivity index (χ1v) is 6.83. The topological polar surface area (TPSA) is 88.0 Å². The molecule has 1 amide bonds. The number of amides is 1. The summed E-state index contributed by atoms with van der Waals surface area (Å²) >= 11 is 0. The fourth-order valence-corrected chi connectivity index (χ4v) is 2.70. The molecule has 0 atom stereocenters. The third-order valence-corrected chi connectivity index (χ3v) is 3.98. The summed E-state index contributed by atoms with van der Waals surface area (Å²) < 4.78 is 0. The van der Waals surface area contributed by atoms with Gasteiger partial charge < -0.3 is 16.0 Å². The molecule has 1 aromatic heterocycles. The minimum Gasteiger partial charge on any atom is -0.350 e. The van der Waals surface area contributed by atoms with Crippen molar-refractivity contribution < 1.29 is 4.79 Å². The molecule has 1 aliphatic rings. The van der Waals surface area contributed by atoms with Gasteiger partial charge >= 0.3 is 0 Å². The highest BCUT2D eigenvalue weighted by Gasteiger charge is 2.31. The molecule has 1 aromatic rings. The van der Waals surface area contributed by atoms with E-state index in [0.717, 1.165) is 12.8 Å². The van der Waals surface area contributed by atoms with Crippen LogP contribution in [0.25, 0.3) is 0 Å². The van der Waals surface area contributed by atoms with Crippen molar-refractivity contribution in [2.24, 2.45) is 11.1 Å². The molecule has 4 N–H and O–H groups in total. The Balaban J connectivity index is 1.97. The van der Waals surface area contributed by atoms with E-state index >= 15 is 0 Å². The van der Waals surface area contributed by atoms with Crippen molar-refractivity contribution in [1.82, 2.24) is 10.3 Å². The van der Waals surface area contributed by atoms with Crippen molar-refractivity contribution in [3.05, 3.63) is 34.2 Å². The van der Waals surface area contributed by atoms with Crippen LogP contribution >= 0.6 is 0 Å². The molecule has 5 nitrogen and oxygen atoms in total. The van der Waals surface area contributed by atoms with E-state index < -0.39 is 0 Å². The van der Waals surface area contributed by atoms with Crippen molar-refractivity contribution in [2.75, 3.05) is 13.1 Å². The molecule has 0 spiro atoms. The summed E-state index contributed by atoms with van der Waals surface area (Å²) in [6, 6.07) is 4.57. The summed E-state index contributed by atoms with van der Waals surface area (Å²) in [5.74, 6) is -0.240. The Morgan fingerprint density at radius 3 is 2.68 bits per heavy atom. The molecule has 0 aromatic carbocycles. The molecular formula is C14H21N3O2. The lowest BCUT2D eigenvalue weighted by molar-refractivity contribution is 0.0908. The third kappa shape index (κ3) is 3.44. The second-order valence-electron chi connectivity index (χ2n) is 5.38. The molecule has 0 aliphatic heterocycles. The van der Waals surface area contributed by atoms with E-state index in [1.165, 1.54) is 25.3 Å². The largest absolute Gasteiger partial charge is 0.350 e. The average molecular weight is 263 g/mol. The fraction of sp³-hybridized carbons (Fsp3) is 0.571. The van der Waals surface area contributed by atoms with Gasteiger partial charge in [0.1, 0.15) is 5.69 Å². The van der Waals surface area contributed by atoms with E-state index in [1.54, 1.807) is 12.1 Å². The predicted molar refractivity (Wildman–Crippen MR) is 74.0 cm³/mol. The maximum Gasteiger partial charge on any atom is 0.267 e. The second-order valence-corrected chi connectivity index (χ2v) is 5.38. The van der Waals surface area contributed by atoms with Crippen molar-refractivity contribution in [2.45, 2.75) is 32.1 Å². The van der Waals surface area contributed by atoms with Crippen molar-refractivity contribution in [3.8, 4) is 0 Å². The van der Waals surface area contributed by atoms with E-state index in [2.05, 4.69) is 10.3 Å². The molecule has 0 saturated heterocycles. The summed E-state index contributed by atoms with van der Waals surface area (Å²) in [6.45, 7) is 1.18. The SMILES string of the molecule is NCC1(CNC(=O)c2cccc(=O)[nH]2)CCCCC1. The molecule has 1 aliphatic carbocycles. The van der Waals surface area contributed by atoms with E-state index in [9.17, 15) is 9.59 Å². The van der Waals surface area contributed by atoms with E-state index in [1.807, 2.05) is 0 Å². The lowest BCUT2D eigenvalue weighted by atomic mass is 9.74. The molecule has 2 rings (SSSR count). The Labute approximate surface area is 112 Å². The molecule has 104 valence electrons. The Hall–Kier alpha value is -1.62. The van der Waals surface area contributed by atoms with Crippen molar-refractivity contribution >= 4 is 5.91 Å². The zero-order chi connectivity index (χ0) is 13.7. The van der Waals surface area contributed by atoms with Gasteiger partial charge in [-0.05, 0) is 30.9 Å². The van der Waals surface area contributed by atoms with Crippen LogP contribution in [0.5, 0.6) is 0 Å². The molecule has 1 fully saturated rings. The van der Waals surface area contributed by atoms with Gasteiger partial charge in [-0.1, -0.05) is 25.3 Å². The van der Waals surface area contributed by atoms with Gasteiger partial charge in [-0.15, -0.1) is 0 Å². The molecule has 1 saturated carbocycles. The second kappa shape index (κ2) is 6.02. The molecule has 0 unspecified atom stereocenters. The van der Waals surface area contributed by atoms with Gasteiger partial charge in [-0.3, -0.25) is 9.59 Å². The summed E-state index contributed by atoms with van der Waals surface area (Å²) in [7, 11) is 0. The van der Waals surface area contributed by atoms with Crippen LogP contribution in [-0.4, -0.2) is 24.0 Å². The number of H-pyrrole nitrogens is 1. The Bertz CT molecular complexity index is 489. The van der Waals surface area contributed by atoms with Crippen LogP contribution in [-0.2, 0) is 0 Å². The number of aromatic amines is 1. The normalized spacial score (nSPS) is 17.9. The molecule has 0 radical (unpaired) electrons. The Morgan fingerprint density at radius 1 is 1.32 bits per heavy atom. The highest BCUT2D eigenvalue weighted by molar-refractivity contribution is 5.92. The minimum atomic E-state index is -0.265. The fourth-order valence-electron chi connectivity index (χ4n) is 2.70. The zero-order valence-corrected chi connectivity index (χ0v) is 11.1. The van der Waals surface area contributed by atoms with E-state index in [4.69, 9.17) is 5.73 Å². The van der Waals surface area contributed by atoms with Crippen molar-refractivity contribution in [3.63, 3.8) is 0 Å². The number of nitrogens with one attached hydrogen (secondary N) is 2. The monoisotopic (exact) mass is 263 g/mol. The summed E-state index contributed by atoms with van der Waals surface area (Å²) in [4.78, 5) is 25.7. The van der Waals surface area contributed by atoms with Crippen LogP contribution in [0, 0.1) is 5.41 Å². The molecular weight excluding hydrogens is 242 g/mol. The van der Waals surface area contributed by atoms with Gasteiger partial charge in [0.05, 0.1) is 0 Å². The average Bonchev–Trinajstić information content (AvgIpc) is 2.46. The van der Waals surface area contributed by atoms with Crippen LogP contribution < -0.4 is 16.6 Å². The standard InChI is InChI=1S/C14H21N3O2/c15-9-14(7-2-1-3-8-14)10-16-13(19)11-5-4-6-12(18)17-11/h4-6H,1-3,7-10,15H2,(H,16,19)(H,17,18). The summed E-state index contributed by atoms with van der Waals surface area (Å²) in [5, 5.41) is 2.90. The van der Waals surface area contributed by atoms with Crippen LogP contribution in [0.2, 0.25) is 0 Å². The Kier molecular flexibility index (Phi) is 4.37. The number of nitrogens with two attached hydrogens (primary N) is 1. The molecule has 19 heavy (non-hydrogen) atoms. The molecule has 0 bridgehead atoms.